The molecule has 3 rings (SSSR count). The van der Waals surface area contributed by atoms with Gasteiger partial charge in [0.15, 0.2) is 5.96 Å². The van der Waals surface area contributed by atoms with Gasteiger partial charge in [-0.2, -0.15) is 0 Å². The van der Waals surface area contributed by atoms with Crippen molar-refractivity contribution in [1.82, 2.24) is 20.2 Å². The van der Waals surface area contributed by atoms with Crippen LogP contribution in [0.15, 0.2) is 65.5 Å². The molecule has 130 valence electrons. The summed E-state index contributed by atoms with van der Waals surface area (Å²) in [4.78, 5) is 9.84. The van der Waals surface area contributed by atoms with Crippen LogP contribution in [0.3, 0.4) is 0 Å². The first-order valence-electron chi connectivity index (χ1n) is 8.32. The third-order valence-electron chi connectivity index (χ3n) is 4.05. The monoisotopic (exact) mass is 353 g/mol. The number of aromatic nitrogens is 2. The normalized spacial score (nSPS) is 12.8. The first kappa shape index (κ1) is 17.2. The second kappa shape index (κ2) is 8.48. The maximum absolute atomic E-state index is 4.33. The van der Waals surface area contributed by atoms with E-state index in [9.17, 15) is 0 Å². The van der Waals surface area contributed by atoms with Gasteiger partial charge in [-0.3, -0.25) is 4.99 Å². The van der Waals surface area contributed by atoms with Crippen LogP contribution in [0.2, 0.25) is 0 Å². The molecule has 0 aliphatic rings. The Morgan fingerprint density at radius 3 is 2.84 bits per heavy atom. The molecule has 0 fully saturated rings. The average molecular weight is 353 g/mol. The van der Waals surface area contributed by atoms with Crippen molar-refractivity contribution in [2.24, 2.45) is 4.99 Å². The highest BCUT2D eigenvalue weighted by atomic mass is 32.1. The molecule has 1 atom stereocenters. The lowest BCUT2D eigenvalue weighted by atomic mass is 10.1. The summed E-state index contributed by atoms with van der Waals surface area (Å²) in [6.07, 6.45) is 5.56. The summed E-state index contributed by atoms with van der Waals surface area (Å²) >= 11 is 1.79. The van der Waals surface area contributed by atoms with Gasteiger partial charge in [0, 0.05) is 43.3 Å². The highest BCUT2D eigenvalue weighted by molar-refractivity contribution is 7.10. The van der Waals surface area contributed by atoms with Crippen LogP contribution in [0.1, 0.15) is 23.3 Å². The first-order chi connectivity index (χ1) is 12.3. The summed E-state index contributed by atoms with van der Waals surface area (Å²) in [6.45, 7) is 3.77. The number of thiophene rings is 1. The molecule has 0 saturated heterocycles. The van der Waals surface area contributed by atoms with Crippen LogP contribution in [0, 0.1) is 0 Å². The standard InChI is InChI=1S/C19H23N5S/c1-15(18-8-5-11-25-18)12-22-19(20-2)23-13-16-6-3-4-7-17(16)24-10-9-21-14-24/h3-11,14-15H,12-13H2,1-2H3,(H2,20,22,23). The van der Waals surface area contributed by atoms with Crippen molar-refractivity contribution in [3.8, 4) is 5.69 Å². The van der Waals surface area contributed by atoms with E-state index in [0.717, 1.165) is 18.2 Å². The molecule has 0 spiro atoms. The lowest BCUT2D eigenvalue weighted by molar-refractivity contribution is 0.708. The number of hydrogen-bond acceptors (Lipinski definition) is 3. The second-order valence-corrected chi connectivity index (χ2v) is 6.80. The molecule has 1 aromatic carbocycles. The number of guanidine groups is 1. The molecule has 25 heavy (non-hydrogen) atoms. The molecule has 1 unspecified atom stereocenters. The minimum Gasteiger partial charge on any atom is -0.356 e. The van der Waals surface area contributed by atoms with Crippen molar-refractivity contribution >= 4 is 17.3 Å². The van der Waals surface area contributed by atoms with Gasteiger partial charge in [-0.1, -0.05) is 31.2 Å². The molecule has 3 aromatic rings. The number of rotatable bonds is 6. The number of nitrogens with zero attached hydrogens (tertiary/aromatic N) is 3. The molecule has 6 heteroatoms. The van der Waals surface area contributed by atoms with Gasteiger partial charge in [0.25, 0.3) is 0 Å². The van der Waals surface area contributed by atoms with E-state index in [0.29, 0.717) is 12.5 Å². The fraction of sp³-hybridized carbons (Fsp3) is 0.263. The Kier molecular flexibility index (Phi) is 5.85. The summed E-state index contributed by atoms with van der Waals surface area (Å²) in [5.41, 5.74) is 2.31. The molecule has 2 N–H and O–H groups in total. The predicted molar refractivity (Wildman–Crippen MR) is 104 cm³/mol. The molecule has 5 nitrogen and oxygen atoms in total. The third-order valence-corrected chi connectivity index (χ3v) is 5.15. The van der Waals surface area contributed by atoms with Gasteiger partial charge < -0.3 is 15.2 Å². The summed E-state index contributed by atoms with van der Waals surface area (Å²) in [5.74, 6) is 1.26. The van der Waals surface area contributed by atoms with Crippen LogP contribution in [0.5, 0.6) is 0 Å². The highest BCUT2D eigenvalue weighted by Gasteiger charge is 2.08. The molecule has 0 bridgehead atoms. The van der Waals surface area contributed by atoms with E-state index in [2.05, 4.69) is 57.2 Å². The van der Waals surface area contributed by atoms with Crippen LogP contribution in [-0.2, 0) is 6.54 Å². The van der Waals surface area contributed by atoms with Crippen LogP contribution in [0.4, 0.5) is 0 Å². The van der Waals surface area contributed by atoms with Gasteiger partial charge >= 0.3 is 0 Å². The number of benzene rings is 1. The van der Waals surface area contributed by atoms with Crippen LogP contribution < -0.4 is 10.6 Å². The molecular formula is C19H23N5S. The summed E-state index contributed by atoms with van der Waals surface area (Å²) in [6, 6.07) is 12.6. The number of imidazole rings is 1. The fourth-order valence-electron chi connectivity index (χ4n) is 2.64. The summed E-state index contributed by atoms with van der Waals surface area (Å²) in [5, 5.41) is 8.92. The quantitative estimate of drug-likeness (QED) is 0.527. The van der Waals surface area contributed by atoms with Crippen molar-refractivity contribution < 1.29 is 0 Å². The Balaban J connectivity index is 1.59. The number of aliphatic imine (C=N–C) groups is 1. The third kappa shape index (κ3) is 4.48. The van der Waals surface area contributed by atoms with Gasteiger partial charge in [0.05, 0.1) is 12.0 Å². The minimum atomic E-state index is 0.455. The van der Waals surface area contributed by atoms with Gasteiger partial charge in [-0.05, 0) is 23.1 Å². The van der Waals surface area contributed by atoms with E-state index in [4.69, 9.17) is 0 Å². The smallest absolute Gasteiger partial charge is 0.191 e. The molecule has 0 saturated carbocycles. The Morgan fingerprint density at radius 1 is 1.24 bits per heavy atom. The van der Waals surface area contributed by atoms with E-state index in [1.807, 2.05) is 29.2 Å². The molecule has 0 amide bonds. The summed E-state index contributed by atoms with van der Waals surface area (Å²) < 4.78 is 2.02. The van der Waals surface area contributed by atoms with Gasteiger partial charge in [-0.25, -0.2) is 4.98 Å². The maximum atomic E-state index is 4.33. The predicted octanol–water partition coefficient (Wildman–Crippen LogP) is 3.40. The molecule has 0 aliphatic carbocycles. The van der Waals surface area contributed by atoms with E-state index in [1.165, 1.54) is 10.4 Å². The zero-order valence-electron chi connectivity index (χ0n) is 14.5. The van der Waals surface area contributed by atoms with Crippen molar-refractivity contribution in [3.05, 3.63) is 70.9 Å². The van der Waals surface area contributed by atoms with Crippen LogP contribution in [0.25, 0.3) is 5.69 Å². The second-order valence-electron chi connectivity index (χ2n) is 5.82. The van der Waals surface area contributed by atoms with Gasteiger partial charge in [0.1, 0.15) is 0 Å². The Hall–Kier alpha value is -2.60. The van der Waals surface area contributed by atoms with E-state index in [1.54, 1.807) is 24.6 Å². The molecule has 2 aromatic heterocycles. The van der Waals surface area contributed by atoms with Crippen LogP contribution >= 0.6 is 11.3 Å². The van der Waals surface area contributed by atoms with Crippen molar-refractivity contribution in [2.75, 3.05) is 13.6 Å². The number of hydrogen-bond donors (Lipinski definition) is 2. The largest absolute Gasteiger partial charge is 0.356 e. The molecule has 0 aliphatic heterocycles. The SMILES string of the molecule is CN=C(NCc1ccccc1-n1ccnc1)NCC(C)c1cccs1. The topological polar surface area (TPSA) is 54.2 Å². The zero-order valence-corrected chi connectivity index (χ0v) is 15.3. The Morgan fingerprint density at radius 2 is 2.12 bits per heavy atom. The Bertz CT molecular complexity index is 793. The average Bonchev–Trinajstić information content (AvgIpc) is 3.35. The fourth-order valence-corrected chi connectivity index (χ4v) is 3.42. The van der Waals surface area contributed by atoms with Gasteiger partial charge in [-0.15, -0.1) is 11.3 Å². The lowest BCUT2D eigenvalue weighted by Crippen LogP contribution is -2.38. The number of nitrogens with one attached hydrogen (secondary N) is 2. The molecule has 0 radical (unpaired) electrons. The minimum absolute atomic E-state index is 0.455. The maximum Gasteiger partial charge on any atom is 0.191 e. The summed E-state index contributed by atoms with van der Waals surface area (Å²) in [7, 11) is 1.80. The zero-order chi connectivity index (χ0) is 17.5. The highest BCUT2D eigenvalue weighted by Crippen LogP contribution is 2.19. The van der Waals surface area contributed by atoms with Crippen LogP contribution in [-0.4, -0.2) is 29.1 Å². The van der Waals surface area contributed by atoms with Gasteiger partial charge in [0.2, 0.25) is 0 Å². The number of para-hydroxylation sites is 1. The van der Waals surface area contributed by atoms with E-state index >= 15 is 0 Å². The van der Waals surface area contributed by atoms with Crippen molar-refractivity contribution in [2.45, 2.75) is 19.4 Å². The van der Waals surface area contributed by atoms with Crippen molar-refractivity contribution in [1.29, 1.82) is 0 Å². The lowest BCUT2D eigenvalue weighted by Gasteiger charge is -2.16. The molecular weight excluding hydrogens is 330 g/mol. The Labute approximate surface area is 152 Å². The van der Waals surface area contributed by atoms with Crippen molar-refractivity contribution in [3.63, 3.8) is 0 Å². The molecule has 2 heterocycles. The van der Waals surface area contributed by atoms with E-state index in [-0.39, 0.29) is 0 Å². The first-order valence-corrected chi connectivity index (χ1v) is 9.20. The van der Waals surface area contributed by atoms with E-state index < -0.39 is 0 Å².